The smallest absolute Gasteiger partial charge is 0.326 e. The van der Waals surface area contributed by atoms with Crippen molar-refractivity contribution >= 4 is 29.7 Å². The van der Waals surface area contributed by atoms with E-state index >= 15 is 0 Å². The van der Waals surface area contributed by atoms with Gasteiger partial charge in [-0.25, -0.2) is 9.78 Å². The third-order valence-electron chi connectivity index (χ3n) is 4.66. The van der Waals surface area contributed by atoms with Gasteiger partial charge in [0.1, 0.15) is 18.1 Å². The Labute approximate surface area is 189 Å². The molecule has 3 amide bonds. The number of amides is 3. The highest BCUT2D eigenvalue weighted by Gasteiger charge is 2.30. The van der Waals surface area contributed by atoms with E-state index in [0.717, 1.165) is 0 Å². The summed E-state index contributed by atoms with van der Waals surface area (Å²) in [6.45, 7) is 1.80. The first-order valence-electron chi connectivity index (χ1n) is 10.3. The van der Waals surface area contributed by atoms with E-state index in [-0.39, 0.29) is 6.42 Å². The van der Waals surface area contributed by atoms with E-state index in [1.54, 1.807) is 0 Å². The molecule has 1 aromatic rings. The van der Waals surface area contributed by atoms with Crippen molar-refractivity contribution in [1.29, 1.82) is 0 Å². The first-order valence-corrected chi connectivity index (χ1v) is 10.3. The van der Waals surface area contributed by atoms with Crippen LogP contribution < -0.4 is 27.4 Å². The molecule has 0 bridgehead atoms. The molecule has 33 heavy (non-hydrogen) atoms. The molecule has 0 aliphatic heterocycles. The summed E-state index contributed by atoms with van der Waals surface area (Å²) in [5.41, 5.74) is 11.6. The van der Waals surface area contributed by atoms with Gasteiger partial charge in [-0.3, -0.25) is 19.2 Å². The van der Waals surface area contributed by atoms with Gasteiger partial charge in [0.15, 0.2) is 0 Å². The van der Waals surface area contributed by atoms with Gasteiger partial charge in [0, 0.05) is 18.3 Å². The highest BCUT2D eigenvalue weighted by atomic mass is 16.4. The van der Waals surface area contributed by atoms with Crippen LogP contribution in [0.5, 0.6) is 0 Å². The van der Waals surface area contributed by atoms with Gasteiger partial charge < -0.3 is 42.6 Å². The highest BCUT2D eigenvalue weighted by molar-refractivity contribution is 5.95. The maximum atomic E-state index is 12.6. The Kier molecular flexibility index (Phi) is 11.5. The molecule has 0 radical (unpaired) electrons. The standard InChI is InChI=1S/C19H31N7O7/c1-10(24-17(30)12(21)4-2-3-5-20)16(29)25-13(7-15(27)28)18(31)26-14(19(32)33)6-11-8-22-9-23-11/h8-10,12-14H,2-7,20-21H2,1H3,(H,22,23)(H,24,30)(H,25,29)(H,26,31)(H,27,28)(H,32,33). The van der Waals surface area contributed by atoms with Crippen molar-refractivity contribution in [3.8, 4) is 0 Å². The van der Waals surface area contributed by atoms with Gasteiger partial charge in [-0.2, -0.15) is 0 Å². The lowest BCUT2D eigenvalue weighted by Crippen LogP contribution is -2.57. The summed E-state index contributed by atoms with van der Waals surface area (Å²) in [7, 11) is 0. The number of imidazole rings is 1. The maximum Gasteiger partial charge on any atom is 0.326 e. The number of nitrogens with one attached hydrogen (secondary N) is 4. The molecule has 0 aromatic carbocycles. The molecule has 14 heteroatoms. The maximum absolute atomic E-state index is 12.6. The zero-order valence-corrected chi connectivity index (χ0v) is 18.2. The lowest BCUT2D eigenvalue weighted by molar-refractivity contribution is -0.143. The summed E-state index contributed by atoms with van der Waals surface area (Å²) >= 11 is 0. The number of rotatable bonds is 15. The molecule has 4 unspecified atom stereocenters. The van der Waals surface area contributed by atoms with Crippen LogP contribution in [0.25, 0.3) is 0 Å². The molecule has 0 aliphatic rings. The van der Waals surface area contributed by atoms with E-state index in [2.05, 4.69) is 25.9 Å². The number of nitrogens with two attached hydrogens (primary N) is 2. The van der Waals surface area contributed by atoms with Crippen molar-refractivity contribution in [3.63, 3.8) is 0 Å². The lowest BCUT2D eigenvalue weighted by Gasteiger charge is -2.22. The predicted octanol–water partition coefficient (Wildman–Crippen LogP) is -2.56. The van der Waals surface area contributed by atoms with Crippen LogP contribution in [0.1, 0.15) is 38.3 Å². The number of hydrogen-bond acceptors (Lipinski definition) is 8. The van der Waals surface area contributed by atoms with Crippen LogP contribution in [-0.2, 0) is 30.4 Å². The van der Waals surface area contributed by atoms with Crippen molar-refractivity contribution < 1.29 is 34.2 Å². The number of carbonyl (C=O) groups is 5. The molecule has 0 saturated carbocycles. The minimum Gasteiger partial charge on any atom is -0.481 e. The quantitative estimate of drug-likeness (QED) is 0.125. The van der Waals surface area contributed by atoms with Gasteiger partial charge in [-0.15, -0.1) is 0 Å². The molecular formula is C19H31N7O7. The number of carboxylic acid groups (broad SMARTS) is 2. The van der Waals surface area contributed by atoms with E-state index in [0.29, 0.717) is 31.5 Å². The number of H-pyrrole nitrogens is 1. The Morgan fingerprint density at radius 1 is 1.03 bits per heavy atom. The van der Waals surface area contributed by atoms with Crippen LogP contribution in [0.3, 0.4) is 0 Å². The Morgan fingerprint density at radius 2 is 1.70 bits per heavy atom. The molecule has 0 spiro atoms. The number of carboxylic acids is 2. The van der Waals surface area contributed by atoms with Gasteiger partial charge in [0.2, 0.25) is 17.7 Å². The van der Waals surface area contributed by atoms with Crippen molar-refractivity contribution in [3.05, 3.63) is 18.2 Å². The molecule has 0 aliphatic carbocycles. The lowest BCUT2D eigenvalue weighted by atomic mass is 10.1. The number of aromatic amines is 1. The number of aliphatic carboxylic acids is 2. The second-order valence-corrected chi connectivity index (χ2v) is 7.46. The summed E-state index contributed by atoms with van der Waals surface area (Å²) in [6, 6.07) is -4.95. The van der Waals surface area contributed by atoms with Crippen molar-refractivity contribution in [2.24, 2.45) is 11.5 Å². The van der Waals surface area contributed by atoms with Crippen LogP contribution in [0.2, 0.25) is 0 Å². The molecular weight excluding hydrogens is 438 g/mol. The second kappa shape index (κ2) is 13.8. The van der Waals surface area contributed by atoms with E-state index in [4.69, 9.17) is 16.6 Å². The van der Waals surface area contributed by atoms with E-state index in [1.165, 1.54) is 19.4 Å². The Morgan fingerprint density at radius 3 is 2.24 bits per heavy atom. The molecule has 1 heterocycles. The molecule has 1 rings (SSSR count). The minimum absolute atomic E-state index is 0.136. The molecule has 4 atom stereocenters. The van der Waals surface area contributed by atoms with Crippen molar-refractivity contribution in [2.45, 2.75) is 63.2 Å². The third kappa shape index (κ3) is 10.1. The van der Waals surface area contributed by atoms with Crippen LogP contribution in [-0.4, -0.2) is 80.6 Å². The van der Waals surface area contributed by atoms with Crippen molar-refractivity contribution in [1.82, 2.24) is 25.9 Å². The van der Waals surface area contributed by atoms with Crippen LogP contribution >= 0.6 is 0 Å². The Balaban J connectivity index is 2.75. The van der Waals surface area contributed by atoms with E-state index < -0.39 is 60.2 Å². The number of hydrogen-bond donors (Lipinski definition) is 8. The third-order valence-corrected chi connectivity index (χ3v) is 4.66. The number of unbranched alkanes of at least 4 members (excludes halogenated alkanes) is 1. The molecule has 14 nitrogen and oxygen atoms in total. The predicted molar refractivity (Wildman–Crippen MR) is 115 cm³/mol. The molecule has 184 valence electrons. The molecule has 0 fully saturated rings. The normalized spacial score (nSPS) is 14.4. The summed E-state index contributed by atoms with van der Waals surface area (Å²) < 4.78 is 0. The number of aromatic nitrogens is 2. The Bertz CT molecular complexity index is 815. The summed E-state index contributed by atoms with van der Waals surface area (Å²) in [4.78, 5) is 66.3. The summed E-state index contributed by atoms with van der Waals surface area (Å²) in [5, 5.41) is 25.3. The fourth-order valence-corrected chi connectivity index (χ4v) is 2.79. The van der Waals surface area contributed by atoms with Gasteiger partial charge in [0.05, 0.1) is 18.8 Å². The topological polar surface area (TPSA) is 243 Å². The fourth-order valence-electron chi connectivity index (χ4n) is 2.79. The first-order chi connectivity index (χ1) is 15.5. The average Bonchev–Trinajstić information content (AvgIpc) is 3.25. The Hall–Kier alpha value is -3.52. The molecule has 0 saturated heterocycles. The summed E-state index contributed by atoms with van der Waals surface area (Å²) in [5.74, 6) is -5.18. The van der Waals surface area contributed by atoms with Gasteiger partial charge in [0.25, 0.3) is 0 Å². The van der Waals surface area contributed by atoms with Gasteiger partial charge >= 0.3 is 11.9 Å². The molecule has 1 aromatic heterocycles. The van der Waals surface area contributed by atoms with Crippen LogP contribution in [0.4, 0.5) is 0 Å². The fraction of sp³-hybridized carbons (Fsp3) is 0.579. The van der Waals surface area contributed by atoms with Gasteiger partial charge in [-0.1, -0.05) is 6.42 Å². The molecule has 10 N–H and O–H groups in total. The highest BCUT2D eigenvalue weighted by Crippen LogP contribution is 2.03. The zero-order chi connectivity index (χ0) is 25.0. The second-order valence-electron chi connectivity index (χ2n) is 7.46. The number of carbonyl (C=O) groups excluding carboxylic acids is 3. The minimum atomic E-state index is -1.57. The van der Waals surface area contributed by atoms with Crippen LogP contribution in [0, 0.1) is 0 Å². The van der Waals surface area contributed by atoms with Crippen molar-refractivity contribution in [2.75, 3.05) is 6.54 Å². The number of nitrogens with zero attached hydrogens (tertiary/aromatic N) is 1. The largest absolute Gasteiger partial charge is 0.481 e. The van der Waals surface area contributed by atoms with Crippen LogP contribution in [0.15, 0.2) is 12.5 Å². The zero-order valence-electron chi connectivity index (χ0n) is 18.2. The van der Waals surface area contributed by atoms with Gasteiger partial charge in [-0.05, 0) is 26.3 Å². The van der Waals surface area contributed by atoms with E-state index in [1.807, 2.05) is 0 Å². The first kappa shape index (κ1) is 27.5. The monoisotopic (exact) mass is 469 g/mol. The van der Waals surface area contributed by atoms with E-state index in [9.17, 15) is 29.1 Å². The SMILES string of the molecule is CC(NC(=O)C(N)CCCCN)C(=O)NC(CC(=O)O)C(=O)NC(Cc1cnc[nH]1)C(=O)O. The average molecular weight is 469 g/mol. The summed E-state index contributed by atoms with van der Waals surface area (Å²) in [6.07, 6.45) is 3.48.